The van der Waals surface area contributed by atoms with Crippen molar-refractivity contribution in [2.24, 2.45) is 0 Å². The summed E-state index contributed by atoms with van der Waals surface area (Å²) in [4.78, 5) is 4.05. The van der Waals surface area contributed by atoms with Gasteiger partial charge in [0.25, 0.3) is 0 Å². The van der Waals surface area contributed by atoms with Gasteiger partial charge in [-0.2, -0.15) is 0 Å². The van der Waals surface area contributed by atoms with Gasteiger partial charge in [-0.15, -0.1) is 0 Å². The van der Waals surface area contributed by atoms with Crippen LogP contribution in [0.4, 0.5) is 4.39 Å². The molecule has 0 saturated carbocycles. The first-order chi connectivity index (χ1) is 6.72. The van der Waals surface area contributed by atoms with Crippen molar-refractivity contribution < 1.29 is 9.50 Å². The maximum Gasteiger partial charge on any atom is 0.123 e. The van der Waals surface area contributed by atoms with Crippen molar-refractivity contribution >= 4 is 10.8 Å². The van der Waals surface area contributed by atoms with Crippen LogP contribution in [0.3, 0.4) is 0 Å². The fourth-order valence-electron chi connectivity index (χ4n) is 1.54. The Balaban J connectivity index is 2.85. The van der Waals surface area contributed by atoms with Crippen LogP contribution in [0.25, 0.3) is 10.8 Å². The van der Waals surface area contributed by atoms with Gasteiger partial charge in [-0.3, -0.25) is 4.98 Å². The van der Waals surface area contributed by atoms with Crippen LogP contribution in [-0.2, 0) is 6.61 Å². The number of pyridine rings is 1. The molecule has 0 aliphatic carbocycles. The van der Waals surface area contributed by atoms with Gasteiger partial charge in [0.05, 0.1) is 12.3 Å². The Morgan fingerprint density at radius 3 is 2.86 bits per heavy atom. The van der Waals surface area contributed by atoms with E-state index >= 15 is 0 Å². The number of halogens is 1. The van der Waals surface area contributed by atoms with E-state index in [1.54, 1.807) is 12.3 Å². The normalized spacial score (nSPS) is 10.8. The number of fused-ring (bicyclic) bond motifs is 1. The monoisotopic (exact) mass is 191 g/mol. The number of hydrogen-bond donors (Lipinski definition) is 1. The third-order valence-corrected chi connectivity index (χ3v) is 2.28. The summed E-state index contributed by atoms with van der Waals surface area (Å²) in [7, 11) is 0. The summed E-state index contributed by atoms with van der Waals surface area (Å²) in [6.45, 7) is 1.74. The number of rotatable bonds is 1. The number of aliphatic hydroxyl groups excluding tert-OH is 1. The molecule has 0 spiro atoms. The Hall–Kier alpha value is -1.48. The van der Waals surface area contributed by atoms with Crippen molar-refractivity contribution in [3.05, 3.63) is 41.5 Å². The highest BCUT2D eigenvalue weighted by Gasteiger charge is 2.04. The highest BCUT2D eigenvalue weighted by atomic mass is 19.1. The van der Waals surface area contributed by atoms with Crippen LogP contribution >= 0.6 is 0 Å². The lowest BCUT2D eigenvalue weighted by atomic mass is 10.1. The molecule has 0 radical (unpaired) electrons. The van der Waals surface area contributed by atoms with Gasteiger partial charge in [-0.05, 0) is 30.0 Å². The Morgan fingerprint density at radius 2 is 2.14 bits per heavy atom. The third kappa shape index (κ3) is 1.36. The van der Waals surface area contributed by atoms with E-state index in [4.69, 9.17) is 5.11 Å². The molecule has 2 rings (SSSR count). The largest absolute Gasteiger partial charge is 0.390 e. The quantitative estimate of drug-likeness (QED) is 0.749. The lowest BCUT2D eigenvalue weighted by Crippen LogP contribution is -1.93. The van der Waals surface area contributed by atoms with E-state index in [-0.39, 0.29) is 12.4 Å². The number of hydrogen-bond acceptors (Lipinski definition) is 2. The van der Waals surface area contributed by atoms with E-state index in [9.17, 15) is 4.39 Å². The fourth-order valence-corrected chi connectivity index (χ4v) is 1.54. The van der Waals surface area contributed by atoms with Gasteiger partial charge < -0.3 is 5.11 Å². The summed E-state index contributed by atoms with van der Waals surface area (Å²) in [6.07, 6.45) is 1.69. The van der Waals surface area contributed by atoms with Crippen LogP contribution in [0.15, 0.2) is 24.4 Å². The second-order valence-electron chi connectivity index (χ2n) is 3.24. The van der Waals surface area contributed by atoms with Gasteiger partial charge in [0.1, 0.15) is 5.82 Å². The zero-order chi connectivity index (χ0) is 10.1. The third-order valence-electron chi connectivity index (χ3n) is 2.28. The van der Waals surface area contributed by atoms with Gasteiger partial charge in [0.2, 0.25) is 0 Å². The summed E-state index contributed by atoms with van der Waals surface area (Å²) < 4.78 is 13.0. The molecule has 3 heteroatoms. The SMILES string of the molecule is Cc1cnc(CO)c2cc(F)ccc12. The van der Waals surface area contributed by atoms with Crippen LogP contribution in [0, 0.1) is 12.7 Å². The molecular formula is C11H10FNO. The van der Waals surface area contributed by atoms with Crippen LogP contribution < -0.4 is 0 Å². The first-order valence-corrected chi connectivity index (χ1v) is 4.37. The molecule has 0 atom stereocenters. The predicted octanol–water partition coefficient (Wildman–Crippen LogP) is 2.17. The number of nitrogens with zero attached hydrogens (tertiary/aromatic N) is 1. The molecule has 1 heterocycles. The molecule has 0 unspecified atom stereocenters. The second-order valence-corrected chi connectivity index (χ2v) is 3.24. The van der Waals surface area contributed by atoms with Crippen molar-refractivity contribution in [3.63, 3.8) is 0 Å². The molecular weight excluding hydrogens is 181 g/mol. The summed E-state index contributed by atoms with van der Waals surface area (Å²) in [5.41, 5.74) is 1.50. The van der Waals surface area contributed by atoms with Crippen molar-refractivity contribution in [1.29, 1.82) is 0 Å². The van der Waals surface area contributed by atoms with E-state index in [1.807, 2.05) is 6.92 Å². The van der Waals surface area contributed by atoms with Gasteiger partial charge in [0.15, 0.2) is 0 Å². The van der Waals surface area contributed by atoms with Gasteiger partial charge >= 0.3 is 0 Å². The number of aryl methyl sites for hydroxylation is 1. The molecule has 72 valence electrons. The molecule has 0 saturated heterocycles. The Kier molecular flexibility index (Phi) is 2.17. The summed E-state index contributed by atoms with van der Waals surface area (Å²) >= 11 is 0. The molecule has 1 aromatic heterocycles. The number of benzene rings is 1. The molecule has 2 aromatic rings. The minimum atomic E-state index is -0.306. The van der Waals surface area contributed by atoms with Crippen molar-refractivity contribution in [1.82, 2.24) is 4.98 Å². The Morgan fingerprint density at radius 1 is 1.36 bits per heavy atom. The molecule has 0 fully saturated rings. The Labute approximate surface area is 81.0 Å². The molecule has 1 aromatic carbocycles. The molecule has 0 bridgehead atoms. The average Bonchev–Trinajstić information content (AvgIpc) is 2.18. The lowest BCUT2D eigenvalue weighted by Gasteiger charge is -2.05. The molecule has 14 heavy (non-hydrogen) atoms. The number of aromatic nitrogens is 1. The minimum Gasteiger partial charge on any atom is -0.390 e. The highest BCUT2D eigenvalue weighted by Crippen LogP contribution is 2.21. The van der Waals surface area contributed by atoms with Crippen molar-refractivity contribution in [2.45, 2.75) is 13.5 Å². The number of aliphatic hydroxyl groups is 1. The van der Waals surface area contributed by atoms with Gasteiger partial charge in [0, 0.05) is 11.6 Å². The standard InChI is InChI=1S/C11H10FNO/c1-7-5-13-11(6-14)10-4-8(12)2-3-9(7)10/h2-5,14H,6H2,1H3. The highest BCUT2D eigenvalue weighted by molar-refractivity contribution is 5.87. The van der Waals surface area contributed by atoms with Crippen LogP contribution in [0.5, 0.6) is 0 Å². The smallest absolute Gasteiger partial charge is 0.123 e. The zero-order valence-corrected chi connectivity index (χ0v) is 7.79. The second kappa shape index (κ2) is 3.35. The van der Waals surface area contributed by atoms with E-state index in [2.05, 4.69) is 4.98 Å². The maximum atomic E-state index is 13.0. The van der Waals surface area contributed by atoms with E-state index in [0.717, 1.165) is 10.9 Å². The van der Waals surface area contributed by atoms with E-state index in [0.29, 0.717) is 11.1 Å². The van der Waals surface area contributed by atoms with Crippen LogP contribution in [0.2, 0.25) is 0 Å². The van der Waals surface area contributed by atoms with E-state index < -0.39 is 0 Å². The first-order valence-electron chi connectivity index (χ1n) is 4.37. The molecule has 0 amide bonds. The van der Waals surface area contributed by atoms with Crippen LogP contribution in [0.1, 0.15) is 11.3 Å². The molecule has 2 nitrogen and oxygen atoms in total. The van der Waals surface area contributed by atoms with Gasteiger partial charge in [-0.1, -0.05) is 6.07 Å². The first kappa shape index (κ1) is 9.09. The zero-order valence-electron chi connectivity index (χ0n) is 7.79. The molecule has 1 N–H and O–H groups in total. The maximum absolute atomic E-state index is 13.0. The molecule has 0 aliphatic heterocycles. The van der Waals surface area contributed by atoms with E-state index in [1.165, 1.54) is 12.1 Å². The fraction of sp³-hybridized carbons (Fsp3) is 0.182. The summed E-state index contributed by atoms with van der Waals surface area (Å²) in [5, 5.41) is 10.7. The average molecular weight is 191 g/mol. The predicted molar refractivity (Wildman–Crippen MR) is 52.4 cm³/mol. The van der Waals surface area contributed by atoms with Gasteiger partial charge in [-0.25, -0.2) is 4.39 Å². The van der Waals surface area contributed by atoms with Crippen LogP contribution in [-0.4, -0.2) is 10.1 Å². The van der Waals surface area contributed by atoms with Crippen molar-refractivity contribution in [2.75, 3.05) is 0 Å². The topological polar surface area (TPSA) is 33.1 Å². The molecule has 0 aliphatic rings. The van der Waals surface area contributed by atoms with Crippen molar-refractivity contribution in [3.8, 4) is 0 Å². The summed E-state index contributed by atoms with van der Waals surface area (Å²) in [6, 6.07) is 4.53. The summed E-state index contributed by atoms with van der Waals surface area (Å²) in [5.74, 6) is -0.306. The Bertz CT molecular complexity index is 482. The minimum absolute atomic E-state index is 0.166. The lowest BCUT2D eigenvalue weighted by molar-refractivity contribution is 0.278.